The number of nitrogens with zero attached hydrogens (tertiary/aromatic N) is 2. The van der Waals surface area contributed by atoms with Gasteiger partial charge in [-0.25, -0.2) is 15.8 Å². The molecule has 5 heteroatoms. The van der Waals surface area contributed by atoms with Gasteiger partial charge in [-0.3, -0.25) is 0 Å². The second kappa shape index (κ2) is 5.95. The molecule has 0 unspecified atom stereocenters. The van der Waals surface area contributed by atoms with E-state index in [1.165, 1.54) is 25.7 Å². The van der Waals surface area contributed by atoms with Crippen LogP contribution in [0, 0.1) is 12.3 Å². The lowest BCUT2D eigenvalue weighted by Crippen LogP contribution is -2.36. The molecular weight excluding hydrogens is 250 g/mol. The van der Waals surface area contributed by atoms with E-state index < -0.39 is 0 Å². The van der Waals surface area contributed by atoms with Gasteiger partial charge in [-0.05, 0) is 31.6 Å². The molecule has 1 fully saturated rings. The summed E-state index contributed by atoms with van der Waals surface area (Å²) in [4.78, 5) is 9.12. The summed E-state index contributed by atoms with van der Waals surface area (Å²) < 4.78 is 0. The van der Waals surface area contributed by atoms with Gasteiger partial charge in [-0.15, -0.1) is 0 Å². The third-order valence-corrected chi connectivity index (χ3v) is 4.61. The molecule has 0 atom stereocenters. The normalized spacial score (nSPS) is 16.9. The van der Waals surface area contributed by atoms with Crippen molar-refractivity contribution in [3.05, 3.63) is 11.4 Å². The summed E-state index contributed by atoms with van der Waals surface area (Å²) >= 11 is 0. The Morgan fingerprint density at radius 1 is 1.25 bits per heavy atom. The summed E-state index contributed by atoms with van der Waals surface area (Å²) in [6, 6.07) is 0. The van der Waals surface area contributed by atoms with Crippen molar-refractivity contribution in [3.8, 4) is 0 Å². The minimum absolute atomic E-state index is 0.284. The molecule has 0 amide bonds. The molecule has 4 N–H and O–H groups in total. The number of hydrogen-bond acceptors (Lipinski definition) is 5. The van der Waals surface area contributed by atoms with Crippen LogP contribution >= 0.6 is 0 Å². The van der Waals surface area contributed by atoms with E-state index in [9.17, 15) is 0 Å². The molecule has 1 heterocycles. The van der Waals surface area contributed by atoms with Gasteiger partial charge in [0.1, 0.15) is 17.5 Å². The fourth-order valence-corrected chi connectivity index (χ4v) is 2.71. The molecule has 0 radical (unpaired) electrons. The van der Waals surface area contributed by atoms with Crippen LogP contribution < -0.4 is 16.6 Å². The van der Waals surface area contributed by atoms with Crippen LogP contribution in [-0.4, -0.2) is 16.5 Å². The van der Waals surface area contributed by atoms with Gasteiger partial charge in [-0.2, -0.15) is 0 Å². The van der Waals surface area contributed by atoms with Gasteiger partial charge in [0.05, 0.1) is 0 Å². The smallest absolute Gasteiger partial charge is 0.148 e. The molecule has 1 aliphatic carbocycles. The Morgan fingerprint density at radius 3 is 2.35 bits per heavy atom. The minimum Gasteiger partial charge on any atom is -0.369 e. The van der Waals surface area contributed by atoms with Gasteiger partial charge in [0.25, 0.3) is 0 Å². The predicted octanol–water partition coefficient (Wildman–Crippen LogP) is 3.19. The predicted molar refractivity (Wildman–Crippen MR) is 83.7 cm³/mol. The van der Waals surface area contributed by atoms with E-state index in [0.717, 1.165) is 23.8 Å². The van der Waals surface area contributed by atoms with Crippen molar-refractivity contribution < 1.29 is 0 Å². The Balaban J connectivity index is 2.19. The van der Waals surface area contributed by atoms with Crippen LogP contribution in [0.3, 0.4) is 0 Å². The number of anilines is 2. The average molecular weight is 277 g/mol. The zero-order chi connectivity index (χ0) is 14.8. The first-order chi connectivity index (χ1) is 9.51. The highest BCUT2D eigenvalue weighted by atomic mass is 15.3. The second-order valence-electron chi connectivity index (χ2n) is 6.26. The van der Waals surface area contributed by atoms with Gasteiger partial charge < -0.3 is 10.7 Å². The number of nitrogens with two attached hydrogens (primary N) is 1. The second-order valence-corrected chi connectivity index (χ2v) is 6.26. The van der Waals surface area contributed by atoms with E-state index in [1.807, 2.05) is 6.92 Å². The maximum absolute atomic E-state index is 5.57. The SMILES string of the molecule is CCC1(CNc2nc(C(C)C)nc(NN)c2C)CCC1. The highest BCUT2D eigenvalue weighted by Crippen LogP contribution is 2.43. The zero-order valence-electron chi connectivity index (χ0n) is 13.1. The van der Waals surface area contributed by atoms with Crippen LogP contribution in [0.5, 0.6) is 0 Å². The van der Waals surface area contributed by atoms with Crippen molar-refractivity contribution in [3.63, 3.8) is 0 Å². The van der Waals surface area contributed by atoms with Gasteiger partial charge in [0.15, 0.2) is 0 Å². The molecule has 1 aliphatic rings. The first-order valence-electron chi connectivity index (χ1n) is 7.60. The fourth-order valence-electron chi connectivity index (χ4n) is 2.71. The average Bonchev–Trinajstić information content (AvgIpc) is 2.39. The molecular formula is C15H27N5. The Kier molecular flexibility index (Phi) is 4.48. The maximum Gasteiger partial charge on any atom is 0.148 e. The van der Waals surface area contributed by atoms with Gasteiger partial charge in [0.2, 0.25) is 0 Å². The standard InChI is InChI=1S/C15H27N5/c1-5-15(7-6-8-15)9-17-13-11(4)14(20-16)19-12(18-13)10(2)3/h10H,5-9,16H2,1-4H3,(H2,17,18,19,20). The molecule has 0 aliphatic heterocycles. The number of hydrogen-bond donors (Lipinski definition) is 3. The molecule has 5 nitrogen and oxygen atoms in total. The Morgan fingerprint density at radius 2 is 1.90 bits per heavy atom. The lowest BCUT2D eigenvalue weighted by molar-refractivity contribution is 0.145. The van der Waals surface area contributed by atoms with E-state index in [4.69, 9.17) is 5.84 Å². The van der Waals surface area contributed by atoms with Crippen molar-refractivity contribution in [2.24, 2.45) is 11.3 Å². The summed E-state index contributed by atoms with van der Waals surface area (Å²) in [5.41, 5.74) is 4.13. The summed E-state index contributed by atoms with van der Waals surface area (Å²) in [5, 5.41) is 3.53. The van der Waals surface area contributed by atoms with Gasteiger partial charge in [-0.1, -0.05) is 27.2 Å². The molecule has 1 saturated carbocycles. The van der Waals surface area contributed by atoms with Gasteiger partial charge >= 0.3 is 0 Å². The fraction of sp³-hybridized carbons (Fsp3) is 0.733. The molecule has 1 aromatic rings. The Labute approximate surface area is 121 Å². The summed E-state index contributed by atoms with van der Waals surface area (Å²) in [5.74, 6) is 8.30. The molecule has 0 bridgehead atoms. The third kappa shape index (κ3) is 2.87. The van der Waals surface area contributed by atoms with Crippen molar-refractivity contribution >= 4 is 11.6 Å². The summed E-state index contributed by atoms with van der Waals surface area (Å²) in [6.45, 7) is 9.45. The van der Waals surface area contributed by atoms with Gasteiger partial charge in [0, 0.05) is 18.0 Å². The highest BCUT2D eigenvalue weighted by Gasteiger charge is 2.35. The lowest BCUT2D eigenvalue weighted by Gasteiger charge is -2.41. The summed E-state index contributed by atoms with van der Waals surface area (Å²) in [7, 11) is 0. The topological polar surface area (TPSA) is 75.9 Å². The van der Waals surface area contributed by atoms with E-state index in [1.54, 1.807) is 0 Å². The lowest BCUT2D eigenvalue weighted by atomic mass is 9.67. The number of rotatable bonds is 6. The Bertz CT molecular complexity index is 460. The quantitative estimate of drug-likeness (QED) is 0.550. The van der Waals surface area contributed by atoms with Crippen molar-refractivity contribution in [1.82, 2.24) is 9.97 Å². The van der Waals surface area contributed by atoms with Crippen LogP contribution in [0.4, 0.5) is 11.6 Å². The molecule has 1 aromatic heterocycles. The first kappa shape index (κ1) is 15.0. The van der Waals surface area contributed by atoms with Crippen LogP contribution in [0.2, 0.25) is 0 Å². The number of hydrazine groups is 1. The van der Waals surface area contributed by atoms with Crippen LogP contribution in [0.25, 0.3) is 0 Å². The van der Waals surface area contributed by atoms with E-state index in [2.05, 4.69) is 41.5 Å². The van der Waals surface area contributed by atoms with Crippen molar-refractivity contribution in [1.29, 1.82) is 0 Å². The molecule has 20 heavy (non-hydrogen) atoms. The van der Waals surface area contributed by atoms with E-state index in [0.29, 0.717) is 11.2 Å². The third-order valence-electron chi connectivity index (χ3n) is 4.61. The molecule has 0 spiro atoms. The molecule has 0 saturated heterocycles. The largest absolute Gasteiger partial charge is 0.369 e. The highest BCUT2D eigenvalue weighted by molar-refractivity contribution is 5.57. The molecule has 112 valence electrons. The zero-order valence-corrected chi connectivity index (χ0v) is 13.1. The van der Waals surface area contributed by atoms with Crippen LogP contribution in [-0.2, 0) is 0 Å². The monoisotopic (exact) mass is 277 g/mol. The number of nitrogen functional groups attached to an aromatic ring is 1. The molecule has 2 rings (SSSR count). The summed E-state index contributed by atoms with van der Waals surface area (Å²) in [6.07, 6.45) is 5.22. The number of nitrogens with one attached hydrogen (secondary N) is 2. The van der Waals surface area contributed by atoms with Crippen LogP contribution in [0.15, 0.2) is 0 Å². The Hall–Kier alpha value is -1.36. The van der Waals surface area contributed by atoms with E-state index >= 15 is 0 Å². The number of aromatic nitrogens is 2. The minimum atomic E-state index is 0.284. The van der Waals surface area contributed by atoms with Crippen molar-refractivity contribution in [2.45, 2.75) is 59.3 Å². The maximum atomic E-state index is 5.57. The van der Waals surface area contributed by atoms with E-state index in [-0.39, 0.29) is 5.92 Å². The van der Waals surface area contributed by atoms with Crippen LogP contribution in [0.1, 0.15) is 63.8 Å². The first-order valence-corrected chi connectivity index (χ1v) is 7.60. The van der Waals surface area contributed by atoms with Crippen molar-refractivity contribution in [2.75, 3.05) is 17.3 Å². The molecule has 0 aromatic carbocycles.